The van der Waals surface area contributed by atoms with Gasteiger partial charge in [-0.1, -0.05) is 6.07 Å². The summed E-state index contributed by atoms with van der Waals surface area (Å²) in [4.78, 5) is 14.3. The van der Waals surface area contributed by atoms with E-state index in [9.17, 15) is 4.79 Å². The summed E-state index contributed by atoms with van der Waals surface area (Å²) in [6.07, 6.45) is 3.44. The predicted octanol–water partition coefficient (Wildman–Crippen LogP) is 0.647. The van der Waals surface area contributed by atoms with Crippen LogP contribution in [0, 0.1) is 0 Å². The predicted molar refractivity (Wildman–Crippen MR) is 79.5 cm³/mol. The van der Waals surface area contributed by atoms with Gasteiger partial charge in [0, 0.05) is 24.7 Å². The lowest BCUT2D eigenvalue weighted by Gasteiger charge is -2.30. The molecule has 21 heavy (non-hydrogen) atoms. The molecular weight excluding hydrogens is 292 g/mol. The lowest BCUT2D eigenvalue weighted by molar-refractivity contribution is 0.0709. The van der Waals surface area contributed by atoms with E-state index in [2.05, 4.69) is 15.5 Å². The highest BCUT2D eigenvalue weighted by atomic mass is 35.5. The van der Waals surface area contributed by atoms with E-state index in [0.717, 1.165) is 25.1 Å². The molecule has 0 saturated carbocycles. The molecule has 1 unspecified atom stereocenters. The van der Waals surface area contributed by atoms with E-state index in [1.807, 2.05) is 17.0 Å². The minimum Gasteiger partial charge on any atom is -0.337 e. The largest absolute Gasteiger partial charge is 0.337 e. The number of amides is 1. The van der Waals surface area contributed by atoms with Gasteiger partial charge in [0.25, 0.3) is 5.91 Å². The molecule has 0 aliphatic carbocycles. The minimum absolute atomic E-state index is 0. The van der Waals surface area contributed by atoms with Crippen molar-refractivity contribution < 1.29 is 4.79 Å². The van der Waals surface area contributed by atoms with Gasteiger partial charge in [-0.15, -0.1) is 17.5 Å². The normalized spacial score (nSPS) is 18.1. The molecule has 1 aromatic carbocycles. The van der Waals surface area contributed by atoms with Crippen LogP contribution in [-0.2, 0) is 0 Å². The monoisotopic (exact) mass is 308 g/mol. The molecule has 0 bridgehead atoms. The molecular formula is C13H17ClN6O. The van der Waals surface area contributed by atoms with Crippen LogP contribution >= 0.6 is 12.4 Å². The molecule has 1 aromatic heterocycles. The molecule has 2 heterocycles. The lowest BCUT2D eigenvalue weighted by Crippen LogP contribution is -2.45. The van der Waals surface area contributed by atoms with Gasteiger partial charge in [-0.2, -0.15) is 0 Å². The molecule has 2 aromatic rings. The SMILES string of the molecule is Cl.NC1CCCN(C(=O)c2cccc(-n3cnnn3)c2)C1. The van der Waals surface area contributed by atoms with Gasteiger partial charge in [-0.3, -0.25) is 4.79 Å². The van der Waals surface area contributed by atoms with Crippen LogP contribution in [0.2, 0.25) is 0 Å². The second-order valence-corrected chi connectivity index (χ2v) is 4.96. The highest BCUT2D eigenvalue weighted by Gasteiger charge is 2.22. The van der Waals surface area contributed by atoms with Gasteiger partial charge in [0.2, 0.25) is 0 Å². The number of rotatable bonds is 2. The molecule has 2 N–H and O–H groups in total. The number of hydrogen-bond acceptors (Lipinski definition) is 5. The fourth-order valence-electron chi connectivity index (χ4n) is 2.44. The maximum absolute atomic E-state index is 12.5. The Bertz CT molecular complexity index is 602. The number of nitrogens with zero attached hydrogens (tertiary/aromatic N) is 5. The second-order valence-electron chi connectivity index (χ2n) is 4.96. The Kier molecular flexibility index (Phi) is 4.87. The Labute approximate surface area is 128 Å². The lowest BCUT2D eigenvalue weighted by atomic mass is 10.1. The standard InChI is InChI=1S/C13H16N6O.ClH/c14-11-4-2-6-18(8-11)13(20)10-3-1-5-12(7-10)19-9-15-16-17-19;/h1,3,5,7,9,11H,2,4,6,8,14H2;1H. The zero-order valence-electron chi connectivity index (χ0n) is 11.4. The van der Waals surface area contributed by atoms with E-state index in [4.69, 9.17) is 5.73 Å². The summed E-state index contributed by atoms with van der Waals surface area (Å²) in [6.45, 7) is 1.38. The van der Waals surface area contributed by atoms with Crippen LogP contribution in [0.15, 0.2) is 30.6 Å². The maximum Gasteiger partial charge on any atom is 0.253 e. The van der Waals surface area contributed by atoms with Gasteiger partial charge >= 0.3 is 0 Å². The number of benzene rings is 1. The summed E-state index contributed by atoms with van der Waals surface area (Å²) in [7, 11) is 0. The van der Waals surface area contributed by atoms with Crippen molar-refractivity contribution in [3.8, 4) is 5.69 Å². The van der Waals surface area contributed by atoms with Gasteiger partial charge in [-0.05, 0) is 41.5 Å². The summed E-state index contributed by atoms with van der Waals surface area (Å²) in [5, 5.41) is 11.0. The Morgan fingerprint density at radius 3 is 2.95 bits per heavy atom. The first-order chi connectivity index (χ1) is 9.74. The zero-order valence-corrected chi connectivity index (χ0v) is 12.2. The Morgan fingerprint density at radius 2 is 2.24 bits per heavy atom. The number of piperidine rings is 1. The number of halogens is 1. The van der Waals surface area contributed by atoms with Crippen LogP contribution in [0.3, 0.4) is 0 Å². The van der Waals surface area contributed by atoms with Crippen LogP contribution in [-0.4, -0.2) is 50.1 Å². The highest BCUT2D eigenvalue weighted by Crippen LogP contribution is 2.15. The number of carbonyl (C=O) groups excluding carboxylic acids is 1. The average Bonchev–Trinajstić information content (AvgIpc) is 3.01. The van der Waals surface area contributed by atoms with E-state index in [0.29, 0.717) is 12.1 Å². The molecule has 1 saturated heterocycles. The van der Waals surface area contributed by atoms with Crippen molar-refractivity contribution in [2.45, 2.75) is 18.9 Å². The molecule has 1 aliphatic rings. The Morgan fingerprint density at radius 1 is 1.38 bits per heavy atom. The number of hydrogen-bond donors (Lipinski definition) is 1. The average molecular weight is 309 g/mol. The first kappa shape index (κ1) is 15.4. The summed E-state index contributed by atoms with van der Waals surface area (Å²) in [5.41, 5.74) is 7.32. The topological polar surface area (TPSA) is 89.9 Å². The van der Waals surface area contributed by atoms with E-state index in [1.54, 1.807) is 12.1 Å². The van der Waals surface area contributed by atoms with Crippen LogP contribution in [0.1, 0.15) is 23.2 Å². The summed E-state index contributed by atoms with van der Waals surface area (Å²) >= 11 is 0. The number of carbonyl (C=O) groups is 1. The molecule has 0 spiro atoms. The Hall–Kier alpha value is -1.99. The van der Waals surface area contributed by atoms with Crippen LogP contribution < -0.4 is 5.73 Å². The van der Waals surface area contributed by atoms with Crippen molar-refractivity contribution in [3.05, 3.63) is 36.2 Å². The summed E-state index contributed by atoms with van der Waals surface area (Å²) < 4.78 is 1.53. The van der Waals surface area contributed by atoms with Crippen LogP contribution in [0.25, 0.3) is 5.69 Å². The third-order valence-corrected chi connectivity index (χ3v) is 3.45. The quantitative estimate of drug-likeness (QED) is 0.879. The molecule has 0 radical (unpaired) electrons. The molecule has 1 amide bonds. The minimum atomic E-state index is 0. The van der Waals surface area contributed by atoms with Gasteiger partial charge in [0.1, 0.15) is 6.33 Å². The summed E-state index contributed by atoms with van der Waals surface area (Å²) in [5.74, 6) is 0.00933. The van der Waals surface area contributed by atoms with E-state index in [-0.39, 0.29) is 24.4 Å². The van der Waals surface area contributed by atoms with Crippen molar-refractivity contribution >= 4 is 18.3 Å². The van der Waals surface area contributed by atoms with Gasteiger partial charge in [0.15, 0.2) is 0 Å². The highest BCUT2D eigenvalue weighted by molar-refractivity contribution is 5.94. The first-order valence-electron chi connectivity index (χ1n) is 6.62. The van der Waals surface area contributed by atoms with E-state index < -0.39 is 0 Å². The second kappa shape index (κ2) is 6.64. The third-order valence-electron chi connectivity index (χ3n) is 3.45. The van der Waals surface area contributed by atoms with Crippen LogP contribution in [0.5, 0.6) is 0 Å². The Balaban J connectivity index is 0.00000161. The van der Waals surface area contributed by atoms with E-state index in [1.165, 1.54) is 11.0 Å². The first-order valence-corrected chi connectivity index (χ1v) is 6.62. The number of likely N-dealkylation sites (tertiary alicyclic amines) is 1. The zero-order chi connectivity index (χ0) is 13.9. The maximum atomic E-state index is 12.5. The molecule has 3 rings (SSSR count). The van der Waals surface area contributed by atoms with E-state index >= 15 is 0 Å². The number of tetrazole rings is 1. The van der Waals surface area contributed by atoms with Crippen molar-refractivity contribution in [3.63, 3.8) is 0 Å². The smallest absolute Gasteiger partial charge is 0.253 e. The third kappa shape index (κ3) is 3.37. The summed E-state index contributed by atoms with van der Waals surface area (Å²) in [6, 6.07) is 7.36. The number of nitrogens with two attached hydrogens (primary N) is 1. The van der Waals surface area contributed by atoms with Crippen molar-refractivity contribution in [1.29, 1.82) is 0 Å². The molecule has 8 heteroatoms. The molecule has 1 atom stereocenters. The van der Waals surface area contributed by atoms with Crippen molar-refractivity contribution in [2.24, 2.45) is 5.73 Å². The molecule has 1 fully saturated rings. The molecule has 7 nitrogen and oxygen atoms in total. The van der Waals surface area contributed by atoms with Crippen molar-refractivity contribution in [1.82, 2.24) is 25.1 Å². The fraction of sp³-hybridized carbons (Fsp3) is 0.385. The van der Waals surface area contributed by atoms with Gasteiger partial charge < -0.3 is 10.6 Å². The fourth-order valence-corrected chi connectivity index (χ4v) is 2.44. The number of aromatic nitrogens is 4. The molecule has 1 aliphatic heterocycles. The van der Waals surface area contributed by atoms with Crippen molar-refractivity contribution in [2.75, 3.05) is 13.1 Å². The molecule has 112 valence electrons. The van der Waals surface area contributed by atoms with Gasteiger partial charge in [0.05, 0.1) is 5.69 Å². The van der Waals surface area contributed by atoms with Gasteiger partial charge in [-0.25, -0.2) is 4.68 Å². The van der Waals surface area contributed by atoms with Crippen LogP contribution in [0.4, 0.5) is 0 Å².